The highest BCUT2D eigenvalue weighted by Gasteiger charge is 2.32. The molecule has 0 unspecified atom stereocenters. The second-order valence-corrected chi connectivity index (χ2v) is 5.64. The summed E-state index contributed by atoms with van der Waals surface area (Å²) < 4.78 is 23.4. The van der Waals surface area contributed by atoms with Gasteiger partial charge >= 0.3 is 0 Å². The van der Waals surface area contributed by atoms with Crippen LogP contribution in [0, 0.1) is 6.92 Å². The molecular weight excluding hydrogens is 214 g/mol. The fourth-order valence-electron chi connectivity index (χ4n) is 1.62. The van der Waals surface area contributed by atoms with E-state index < -0.39 is 15.6 Å². The second kappa shape index (κ2) is 3.06. The Balaban J connectivity index is 2.75. The average molecular weight is 225 g/mol. The maximum absolute atomic E-state index is 11.7. The molecule has 4 nitrogen and oxygen atoms in total. The Bertz CT molecular complexity index is 534. The number of hydrogen-bond acceptors (Lipinski definition) is 3. The van der Waals surface area contributed by atoms with Crippen LogP contribution in [0.25, 0.3) is 0 Å². The number of carbonyl (C=O) groups excluding carboxylic acids is 1. The molecular formula is C10H11NO3S. The van der Waals surface area contributed by atoms with Gasteiger partial charge in [-0.25, -0.2) is 8.42 Å². The van der Waals surface area contributed by atoms with Gasteiger partial charge in [0.05, 0.1) is 10.6 Å². The van der Waals surface area contributed by atoms with Gasteiger partial charge in [-0.05, 0) is 24.6 Å². The van der Waals surface area contributed by atoms with Gasteiger partial charge in [0, 0.05) is 7.05 Å². The highest BCUT2D eigenvalue weighted by molar-refractivity contribution is 7.92. The highest BCUT2D eigenvalue weighted by atomic mass is 32.2. The lowest BCUT2D eigenvalue weighted by Crippen LogP contribution is -2.37. The molecule has 1 aromatic carbocycles. The first-order chi connectivity index (χ1) is 6.92. The van der Waals surface area contributed by atoms with Crippen LogP contribution in [0.1, 0.15) is 5.56 Å². The number of fused-ring (bicyclic) bond motifs is 1. The van der Waals surface area contributed by atoms with Crippen LogP contribution in [0.5, 0.6) is 0 Å². The zero-order valence-electron chi connectivity index (χ0n) is 8.52. The van der Waals surface area contributed by atoms with Gasteiger partial charge in [0.15, 0.2) is 9.84 Å². The lowest BCUT2D eigenvalue weighted by atomic mass is 10.2. The first kappa shape index (κ1) is 10.2. The molecule has 1 aliphatic heterocycles. The van der Waals surface area contributed by atoms with Crippen LogP contribution in [-0.2, 0) is 14.6 Å². The van der Waals surface area contributed by atoms with Crippen molar-refractivity contribution in [2.45, 2.75) is 11.8 Å². The van der Waals surface area contributed by atoms with E-state index in [1.54, 1.807) is 25.2 Å². The largest absolute Gasteiger partial charge is 0.313 e. The summed E-state index contributed by atoms with van der Waals surface area (Å²) in [5.41, 5.74) is 1.41. The molecule has 0 saturated heterocycles. The Kier molecular flexibility index (Phi) is 2.08. The van der Waals surface area contributed by atoms with Crippen molar-refractivity contribution in [3.8, 4) is 0 Å². The molecule has 0 radical (unpaired) electrons. The summed E-state index contributed by atoms with van der Waals surface area (Å²) in [7, 11) is -1.84. The molecule has 2 rings (SSSR count). The first-order valence-electron chi connectivity index (χ1n) is 4.52. The van der Waals surface area contributed by atoms with E-state index in [-0.39, 0.29) is 10.8 Å². The van der Waals surface area contributed by atoms with Crippen molar-refractivity contribution >= 4 is 21.4 Å². The van der Waals surface area contributed by atoms with Gasteiger partial charge in [0.25, 0.3) is 0 Å². The van der Waals surface area contributed by atoms with Crippen molar-refractivity contribution in [1.82, 2.24) is 0 Å². The van der Waals surface area contributed by atoms with E-state index >= 15 is 0 Å². The summed E-state index contributed by atoms with van der Waals surface area (Å²) in [6.45, 7) is 1.86. The summed E-state index contributed by atoms with van der Waals surface area (Å²) >= 11 is 0. The Morgan fingerprint density at radius 2 is 2.00 bits per heavy atom. The molecule has 1 aliphatic rings. The molecule has 0 atom stereocenters. The third-order valence-corrected chi connectivity index (χ3v) is 4.14. The topological polar surface area (TPSA) is 54.5 Å². The molecule has 0 spiro atoms. The third kappa shape index (κ3) is 1.52. The lowest BCUT2D eigenvalue weighted by molar-refractivity contribution is -0.116. The molecule has 15 heavy (non-hydrogen) atoms. The molecule has 0 aliphatic carbocycles. The Morgan fingerprint density at radius 3 is 2.67 bits per heavy atom. The summed E-state index contributed by atoms with van der Waals surface area (Å²) in [5.74, 6) is -0.812. The number of nitrogens with zero attached hydrogens (tertiary/aromatic N) is 1. The number of carbonyl (C=O) groups is 1. The Morgan fingerprint density at radius 1 is 1.33 bits per heavy atom. The van der Waals surface area contributed by atoms with Crippen molar-refractivity contribution in [1.29, 1.82) is 0 Å². The van der Waals surface area contributed by atoms with Gasteiger partial charge in [-0.3, -0.25) is 4.79 Å². The van der Waals surface area contributed by atoms with E-state index in [4.69, 9.17) is 0 Å². The van der Waals surface area contributed by atoms with Crippen LogP contribution in [0.3, 0.4) is 0 Å². The van der Waals surface area contributed by atoms with E-state index in [0.29, 0.717) is 5.69 Å². The van der Waals surface area contributed by atoms with Crippen molar-refractivity contribution in [2.24, 2.45) is 0 Å². The number of benzene rings is 1. The van der Waals surface area contributed by atoms with Gasteiger partial charge in [0.1, 0.15) is 5.75 Å². The minimum absolute atomic E-state index is 0.246. The number of hydrogen-bond donors (Lipinski definition) is 0. The molecule has 1 amide bonds. The van der Waals surface area contributed by atoms with Crippen LogP contribution < -0.4 is 4.90 Å². The Labute approximate surface area is 88.4 Å². The van der Waals surface area contributed by atoms with E-state index in [2.05, 4.69) is 0 Å². The van der Waals surface area contributed by atoms with E-state index in [1.807, 2.05) is 6.92 Å². The average Bonchev–Trinajstić information content (AvgIpc) is 2.13. The number of anilines is 1. The number of sulfone groups is 1. The molecule has 0 saturated carbocycles. The number of amides is 1. The van der Waals surface area contributed by atoms with Gasteiger partial charge in [-0.2, -0.15) is 0 Å². The van der Waals surface area contributed by atoms with Crippen LogP contribution >= 0.6 is 0 Å². The molecule has 0 bridgehead atoms. The predicted molar refractivity (Wildman–Crippen MR) is 56.6 cm³/mol. The molecule has 1 aromatic rings. The Hall–Kier alpha value is -1.36. The standard InChI is InChI=1S/C10H11NO3S/c1-7-3-4-9-8(5-7)11(2)10(12)6-15(9,13)14/h3-5H,6H2,1-2H3. The molecule has 0 aromatic heterocycles. The quantitative estimate of drug-likeness (QED) is 0.654. The summed E-state index contributed by atoms with van der Waals surface area (Å²) in [4.78, 5) is 13.1. The van der Waals surface area contributed by atoms with Crippen LogP contribution in [-0.4, -0.2) is 27.1 Å². The minimum Gasteiger partial charge on any atom is -0.313 e. The SMILES string of the molecule is Cc1ccc2c(c1)N(C)C(=O)CS2(=O)=O. The minimum atomic E-state index is -3.43. The molecule has 0 fully saturated rings. The van der Waals surface area contributed by atoms with E-state index in [0.717, 1.165) is 5.56 Å². The molecule has 1 heterocycles. The van der Waals surface area contributed by atoms with E-state index in [9.17, 15) is 13.2 Å². The zero-order valence-corrected chi connectivity index (χ0v) is 9.34. The molecule has 0 N–H and O–H groups in total. The zero-order chi connectivity index (χ0) is 11.2. The van der Waals surface area contributed by atoms with Gasteiger partial charge in [-0.15, -0.1) is 0 Å². The normalized spacial score (nSPS) is 18.8. The number of aryl methyl sites for hydroxylation is 1. The van der Waals surface area contributed by atoms with Gasteiger partial charge in [0.2, 0.25) is 5.91 Å². The summed E-state index contributed by atoms with van der Waals surface area (Å²) in [6.07, 6.45) is 0. The van der Waals surface area contributed by atoms with Crippen molar-refractivity contribution in [3.05, 3.63) is 23.8 Å². The highest BCUT2D eigenvalue weighted by Crippen LogP contribution is 2.30. The maximum Gasteiger partial charge on any atom is 0.242 e. The summed E-state index contributed by atoms with van der Waals surface area (Å²) in [5, 5.41) is 0. The first-order valence-corrected chi connectivity index (χ1v) is 6.17. The third-order valence-electron chi connectivity index (χ3n) is 2.50. The van der Waals surface area contributed by atoms with Crippen molar-refractivity contribution in [2.75, 3.05) is 17.7 Å². The van der Waals surface area contributed by atoms with Crippen LogP contribution in [0.4, 0.5) is 5.69 Å². The second-order valence-electron chi connectivity index (χ2n) is 3.68. The van der Waals surface area contributed by atoms with Gasteiger partial charge < -0.3 is 4.90 Å². The van der Waals surface area contributed by atoms with E-state index in [1.165, 1.54) is 4.90 Å². The summed E-state index contributed by atoms with van der Waals surface area (Å²) in [6, 6.07) is 5.01. The van der Waals surface area contributed by atoms with Crippen molar-refractivity contribution < 1.29 is 13.2 Å². The van der Waals surface area contributed by atoms with Crippen LogP contribution in [0.2, 0.25) is 0 Å². The smallest absolute Gasteiger partial charge is 0.242 e. The predicted octanol–water partition coefficient (Wildman–Crippen LogP) is 0.745. The number of rotatable bonds is 0. The fraction of sp³-hybridized carbons (Fsp3) is 0.300. The molecule has 5 heteroatoms. The van der Waals surface area contributed by atoms with Gasteiger partial charge in [-0.1, -0.05) is 6.07 Å². The van der Waals surface area contributed by atoms with Crippen LogP contribution in [0.15, 0.2) is 23.1 Å². The monoisotopic (exact) mass is 225 g/mol. The molecule has 80 valence electrons. The fourth-order valence-corrected chi connectivity index (χ4v) is 3.09. The lowest BCUT2D eigenvalue weighted by Gasteiger charge is -2.25. The van der Waals surface area contributed by atoms with Crippen molar-refractivity contribution in [3.63, 3.8) is 0 Å². The maximum atomic E-state index is 11.7.